The fourth-order valence-corrected chi connectivity index (χ4v) is 4.07. The van der Waals surface area contributed by atoms with Gasteiger partial charge in [0, 0.05) is 25.5 Å². The Hall–Kier alpha value is -1.92. The lowest BCUT2D eigenvalue weighted by atomic mass is 10.1. The molecule has 1 aromatic heterocycles. The number of hydrogen-bond acceptors (Lipinski definition) is 4. The van der Waals surface area contributed by atoms with Gasteiger partial charge in [0.25, 0.3) is 5.91 Å². The largest absolute Gasteiger partial charge is 0.390 e. The summed E-state index contributed by atoms with van der Waals surface area (Å²) in [7, 11) is 1.86. The number of aromatic nitrogens is 2. The Morgan fingerprint density at radius 3 is 2.71 bits per heavy atom. The maximum absolute atomic E-state index is 13.0. The number of carbonyl (C=O) groups is 1. The second-order valence-electron chi connectivity index (χ2n) is 6.93. The molecule has 2 aliphatic heterocycles. The Morgan fingerprint density at radius 1 is 1.17 bits per heavy atom. The van der Waals surface area contributed by atoms with Crippen molar-refractivity contribution >= 4 is 16.8 Å². The number of para-hydroxylation sites is 1. The van der Waals surface area contributed by atoms with Crippen LogP contribution in [0.5, 0.6) is 0 Å². The van der Waals surface area contributed by atoms with Crippen LogP contribution in [-0.2, 0) is 7.05 Å². The first-order valence-electron chi connectivity index (χ1n) is 8.78. The van der Waals surface area contributed by atoms with Crippen molar-refractivity contribution in [2.24, 2.45) is 7.05 Å². The molecule has 2 fully saturated rings. The third kappa shape index (κ3) is 2.59. The van der Waals surface area contributed by atoms with Crippen molar-refractivity contribution in [1.29, 1.82) is 0 Å². The number of rotatable bonds is 2. The zero-order chi connectivity index (χ0) is 16.7. The number of benzene rings is 1. The van der Waals surface area contributed by atoms with E-state index in [9.17, 15) is 9.90 Å². The van der Waals surface area contributed by atoms with Gasteiger partial charge in [0.1, 0.15) is 0 Å². The van der Waals surface area contributed by atoms with Crippen molar-refractivity contribution in [1.82, 2.24) is 19.6 Å². The van der Waals surface area contributed by atoms with Gasteiger partial charge in [0.2, 0.25) is 0 Å². The molecule has 4 rings (SSSR count). The van der Waals surface area contributed by atoms with E-state index in [0.29, 0.717) is 18.8 Å². The van der Waals surface area contributed by atoms with Crippen molar-refractivity contribution in [3.05, 3.63) is 30.0 Å². The topological polar surface area (TPSA) is 61.6 Å². The number of carbonyl (C=O) groups excluding carboxylic acids is 1. The molecule has 6 heteroatoms. The second kappa shape index (κ2) is 6.18. The molecule has 6 nitrogen and oxygen atoms in total. The summed E-state index contributed by atoms with van der Waals surface area (Å²) in [4.78, 5) is 17.1. The lowest BCUT2D eigenvalue weighted by Crippen LogP contribution is -2.46. The van der Waals surface area contributed by atoms with E-state index < -0.39 is 6.10 Å². The van der Waals surface area contributed by atoms with Gasteiger partial charge in [-0.15, -0.1) is 0 Å². The molecule has 0 radical (unpaired) electrons. The number of hydrogen-bond donors (Lipinski definition) is 1. The number of piperidine rings is 1. The average Bonchev–Trinajstić information content (AvgIpc) is 3.16. The molecular weight excluding hydrogens is 304 g/mol. The van der Waals surface area contributed by atoms with Crippen LogP contribution in [0.15, 0.2) is 24.3 Å². The minimum Gasteiger partial charge on any atom is -0.390 e. The highest BCUT2D eigenvalue weighted by Gasteiger charge is 2.39. The highest BCUT2D eigenvalue weighted by atomic mass is 16.3. The number of nitrogens with zero attached hydrogens (tertiary/aromatic N) is 4. The number of likely N-dealkylation sites (tertiary alicyclic amines) is 2. The summed E-state index contributed by atoms with van der Waals surface area (Å²) >= 11 is 0. The van der Waals surface area contributed by atoms with Crippen molar-refractivity contribution in [2.45, 2.75) is 31.4 Å². The first-order chi connectivity index (χ1) is 11.6. The molecule has 1 N–H and O–H groups in total. The van der Waals surface area contributed by atoms with Gasteiger partial charge < -0.3 is 10.0 Å². The van der Waals surface area contributed by atoms with Gasteiger partial charge in [-0.05, 0) is 32.0 Å². The van der Waals surface area contributed by atoms with Gasteiger partial charge in [0.15, 0.2) is 5.69 Å². The summed E-state index contributed by atoms with van der Waals surface area (Å²) in [5, 5.41) is 15.8. The Kier molecular flexibility index (Phi) is 4.02. The van der Waals surface area contributed by atoms with Gasteiger partial charge in [-0.25, -0.2) is 0 Å². The monoisotopic (exact) mass is 328 g/mol. The van der Waals surface area contributed by atoms with E-state index >= 15 is 0 Å². The molecule has 1 aromatic carbocycles. The zero-order valence-corrected chi connectivity index (χ0v) is 14.1. The average molecular weight is 328 g/mol. The van der Waals surface area contributed by atoms with E-state index in [1.54, 1.807) is 9.58 Å². The van der Waals surface area contributed by atoms with Crippen molar-refractivity contribution < 1.29 is 9.90 Å². The first-order valence-corrected chi connectivity index (χ1v) is 8.78. The van der Waals surface area contributed by atoms with Crippen molar-refractivity contribution in [3.8, 4) is 0 Å². The van der Waals surface area contributed by atoms with Gasteiger partial charge in [-0.2, -0.15) is 5.10 Å². The summed E-state index contributed by atoms with van der Waals surface area (Å²) < 4.78 is 1.75. The molecule has 0 unspecified atom stereocenters. The number of aliphatic hydroxyl groups is 1. The molecule has 2 aliphatic rings. The van der Waals surface area contributed by atoms with Crippen molar-refractivity contribution in [2.75, 3.05) is 26.2 Å². The Balaban J connectivity index is 1.56. The summed E-state index contributed by atoms with van der Waals surface area (Å²) in [5.74, 6) is -0.0784. The third-order valence-corrected chi connectivity index (χ3v) is 5.37. The molecule has 2 atom stereocenters. The quantitative estimate of drug-likeness (QED) is 0.901. The molecule has 24 heavy (non-hydrogen) atoms. The summed E-state index contributed by atoms with van der Waals surface area (Å²) in [6.07, 6.45) is 3.16. The number of β-amino-alcohol motifs (C(OH)–C–C–N with tert-alkyl or cyclic N) is 1. The number of aryl methyl sites for hydroxylation is 1. The van der Waals surface area contributed by atoms with Gasteiger partial charge in [0.05, 0.1) is 17.7 Å². The maximum atomic E-state index is 13.0. The van der Waals surface area contributed by atoms with Crippen LogP contribution in [0.1, 0.15) is 29.8 Å². The van der Waals surface area contributed by atoms with Gasteiger partial charge in [-0.3, -0.25) is 14.4 Å². The number of aliphatic hydroxyl groups excluding tert-OH is 1. The number of amides is 1. The van der Waals surface area contributed by atoms with E-state index in [1.807, 2.05) is 31.3 Å². The lowest BCUT2D eigenvalue weighted by Gasteiger charge is -2.33. The van der Waals surface area contributed by atoms with E-state index in [0.717, 1.165) is 24.0 Å². The Bertz CT molecular complexity index is 751. The molecule has 0 spiro atoms. The predicted molar refractivity (Wildman–Crippen MR) is 91.8 cm³/mol. The first kappa shape index (κ1) is 15.6. The highest BCUT2D eigenvalue weighted by Crippen LogP contribution is 2.24. The van der Waals surface area contributed by atoms with E-state index in [-0.39, 0.29) is 11.9 Å². The van der Waals surface area contributed by atoms with Gasteiger partial charge in [-0.1, -0.05) is 24.6 Å². The van der Waals surface area contributed by atoms with Crippen LogP contribution in [-0.4, -0.2) is 68.9 Å². The van der Waals surface area contributed by atoms with Crippen LogP contribution in [0.2, 0.25) is 0 Å². The number of fused-ring (bicyclic) bond motifs is 1. The second-order valence-corrected chi connectivity index (χ2v) is 6.93. The molecule has 0 aliphatic carbocycles. The van der Waals surface area contributed by atoms with E-state index in [1.165, 1.54) is 19.3 Å². The lowest BCUT2D eigenvalue weighted by molar-refractivity contribution is 0.0702. The Labute approximate surface area is 141 Å². The SMILES string of the molecule is Cn1nc(C(=O)N2C[C@H](O)[C@@H](N3CCCCC3)C2)c2ccccc21. The zero-order valence-electron chi connectivity index (χ0n) is 14.1. The van der Waals surface area contributed by atoms with E-state index in [2.05, 4.69) is 10.00 Å². The standard InChI is InChI=1S/C18H24N4O2/c1-20-14-8-4-3-7-13(14)17(19-20)18(24)22-11-15(16(23)12-22)21-9-5-2-6-10-21/h3-4,7-8,15-16,23H,2,5-6,9-12H2,1H3/t15-,16-/m0/s1. The molecule has 0 saturated carbocycles. The predicted octanol–water partition coefficient (Wildman–Crippen LogP) is 1.24. The summed E-state index contributed by atoms with van der Waals surface area (Å²) in [6, 6.07) is 7.84. The summed E-state index contributed by atoms with van der Waals surface area (Å²) in [6.45, 7) is 3.03. The molecule has 0 bridgehead atoms. The van der Waals surface area contributed by atoms with Crippen LogP contribution < -0.4 is 0 Å². The molecule has 128 valence electrons. The van der Waals surface area contributed by atoms with Crippen LogP contribution in [0.4, 0.5) is 0 Å². The minimum absolute atomic E-state index is 0.0595. The van der Waals surface area contributed by atoms with Crippen LogP contribution in [0.3, 0.4) is 0 Å². The molecular formula is C18H24N4O2. The minimum atomic E-state index is -0.470. The van der Waals surface area contributed by atoms with Crippen LogP contribution >= 0.6 is 0 Å². The van der Waals surface area contributed by atoms with Crippen LogP contribution in [0.25, 0.3) is 10.9 Å². The third-order valence-electron chi connectivity index (χ3n) is 5.37. The van der Waals surface area contributed by atoms with Crippen molar-refractivity contribution in [3.63, 3.8) is 0 Å². The molecule has 2 saturated heterocycles. The molecule has 1 amide bonds. The maximum Gasteiger partial charge on any atom is 0.275 e. The fraction of sp³-hybridized carbons (Fsp3) is 0.556. The normalized spacial score (nSPS) is 25.5. The van der Waals surface area contributed by atoms with Gasteiger partial charge >= 0.3 is 0 Å². The summed E-state index contributed by atoms with van der Waals surface area (Å²) in [5.41, 5.74) is 1.44. The van der Waals surface area contributed by atoms with E-state index in [4.69, 9.17) is 0 Å². The smallest absolute Gasteiger partial charge is 0.275 e. The highest BCUT2D eigenvalue weighted by molar-refractivity contribution is 6.05. The molecule has 3 heterocycles. The fourth-order valence-electron chi connectivity index (χ4n) is 4.07. The van der Waals surface area contributed by atoms with Crippen LogP contribution in [0, 0.1) is 0 Å². The Morgan fingerprint density at radius 2 is 1.92 bits per heavy atom. The molecule has 2 aromatic rings.